The first-order valence-corrected chi connectivity index (χ1v) is 6.00. The van der Waals surface area contributed by atoms with Gasteiger partial charge in [-0.2, -0.15) is 0 Å². The Labute approximate surface area is 99.0 Å². The number of amides is 1. The highest BCUT2D eigenvalue weighted by molar-refractivity contribution is 6.00. The highest BCUT2D eigenvalue weighted by Gasteiger charge is 2.45. The van der Waals surface area contributed by atoms with Gasteiger partial charge in [-0.05, 0) is 37.8 Å². The van der Waals surface area contributed by atoms with Crippen LogP contribution in [0.1, 0.15) is 32.1 Å². The van der Waals surface area contributed by atoms with Gasteiger partial charge < -0.3 is 10.1 Å². The van der Waals surface area contributed by atoms with Crippen LogP contribution in [0.25, 0.3) is 0 Å². The maximum Gasteiger partial charge on any atom is 0.268 e. The van der Waals surface area contributed by atoms with E-state index in [1.807, 2.05) is 0 Å². The number of hydrogen-bond donors (Lipinski definition) is 1. The Hall–Kier alpha value is -1.58. The Balaban J connectivity index is 2.01. The van der Waals surface area contributed by atoms with Crippen LogP contribution >= 0.6 is 0 Å². The lowest BCUT2D eigenvalue weighted by molar-refractivity contribution is -0.135. The summed E-state index contributed by atoms with van der Waals surface area (Å²) in [5.74, 6) is -0.350. The molecule has 1 aromatic carbocycles. The lowest BCUT2D eigenvalue weighted by Crippen LogP contribution is -2.52. The van der Waals surface area contributed by atoms with Gasteiger partial charge in [0.25, 0.3) is 5.91 Å². The van der Waals surface area contributed by atoms with E-state index in [0.717, 1.165) is 19.3 Å². The quantitative estimate of drug-likeness (QED) is 0.750. The largest absolute Gasteiger partial charge is 0.472 e. The molecular weight excluding hydrogens is 221 g/mol. The van der Waals surface area contributed by atoms with Gasteiger partial charge in [-0.3, -0.25) is 4.79 Å². The van der Waals surface area contributed by atoms with Crippen LogP contribution in [0.2, 0.25) is 0 Å². The molecule has 3 rings (SSSR count). The number of nitrogens with one attached hydrogen (secondary N) is 1. The van der Waals surface area contributed by atoms with Crippen molar-refractivity contribution in [2.45, 2.75) is 37.7 Å². The molecule has 3 nitrogen and oxygen atoms in total. The predicted molar refractivity (Wildman–Crippen MR) is 61.5 cm³/mol. The SMILES string of the molecule is O=C1Nc2cccc(F)c2OC12CCCCC2. The first kappa shape index (κ1) is 10.6. The lowest BCUT2D eigenvalue weighted by Gasteiger charge is -2.39. The molecule has 17 heavy (non-hydrogen) atoms. The predicted octanol–water partition coefficient (Wildman–Crippen LogP) is 2.86. The second-order valence-electron chi connectivity index (χ2n) is 4.73. The second kappa shape index (κ2) is 3.72. The van der Waals surface area contributed by atoms with E-state index in [2.05, 4.69) is 5.32 Å². The van der Waals surface area contributed by atoms with Crippen LogP contribution in [0.3, 0.4) is 0 Å². The summed E-state index contributed by atoms with van der Waals surface area (Å²) in [7, 11) is 0. The smallest absolute Gasteiger partial charge is 0.268 e. The van der Waals surface area contributed by atoms with E-state index < -0.39 is 11.4 Å². The minimum absolute atomic E-state index is 0.129. The molecule has 1 fully saturated rings. The summed E-state index contributed by atoms with van der Waals surface area (Å²) >= 11 is 0. The number of carbonyl (C=O) groups excluding carboxylic acids is 1. The van der Waals surface area contributed by atoms with Crippen LogP contribution in [-0.2, 0) is 4.79 Å². The van der Waals surface area contributed by atoms with E-state index in [4.69, 9.17) is 4.74 Å². The molecule has 1 saturated carbocycles. The molecule has 0 bridgehead atoms. The molecule has 0 unspecified atom stereocenters. The van der Waals surface area contributed by atoms with Crippen LogP contribution in [-0.4, -0.2) is 11.5 Å². The average Bonchev–Trinajstić information content (AvgIpc) is 2.34. The Morgan fingerprint density at radius 1 is 1.24 bits per heavy atom. The number of fused-ring (bicyclic) bond motifs is 1. The average molecular weight is 235 g/mol. The number of para-hydroxylation sites is 1. The van der Waals surface area contributed by atoms with Crippen LogP contribution in [0.4, 0.5) is 10.1 Å². The van der Waals surface area contributed by atoms with Gasteiger partial charge in [-0.15, -0.1) is 0 Å². The van der Waals surface area contributed by atoms with E-state index in [1.54, 1.807) is 12.1 Å². The third-order valence-corrected chi connectivity index (χ3v) is 3.59. The van der Waals surface area contributed by atoms with Crippen LogP contribution < -0.4 is 10.1 Å². The van der Waals surface area contributed by atoms with Crippen molar-refractivity contribution in [3.8, 4) is 5.75 Å². The van der Waals surface area contributed by atoms with Crippen molar-refractivity contribution >= 4 is 11.6 Å². The van der Waals surface area contributed by atoms with Crippen molar-refractivity contribution in [1.29, 1.82) is 0 Å². The minimum atomic E-state index is -0.840. The Kier molecular flexibility index (Phi) is 2.31. The van der Waals surface area contributed by atoms with Gasteiger partial charge in [0.2, 0.25) is 0 Å². The van der Waals surface area contributed by atoms with Crippen molar-refractivity contribution in [1.82, 2.24) is 0 Å². The molecule has 0 saturated heterocycles. The second-order valence-corrected chi connectivity index (χ2v) is 4.73. The normalized spacial score (nSPS) is 21.6. The Morgan fingerprint density at radius 3 is 2.76 bits per heavy atom. The number of anilines is 1. The van der Waals surface area contributed by atoms with E-state index in [1.165, 1.54) is 6.07 Å². The number of halogens is 1. The standard InChI is InChI=1S/C13H14FNO2/c14-9-5-4-6-10-11(9)17-13(12(16)15-10)7-2-1-3-8-13/h4-6H,1-3,7-8H2,(H,15,16). The van der Waals surface area contributed by atoms with Crippen molar-refractivity contribution in [3.05, 3.63) is 24.0 Å². The molecule has 1 aliphatic carbocycles. The van der Waals surface area contributed by atoms with Crippen LogP contribution in [0.5, 0.6) is 5.75 Å². The summed E-state index contributed by atoms with van der Waals surface area (Å²) in [6.07, 6.45) is 4.37. The third kappa shape index (κ3) is 1.59. The van der Waals surface area contributed by atoms with E-state index in [-0.39, 0.29) is 11.7 Å². The topological polar surface area (TPSA) is 38.3 Å². The van der Waals surface area contributed by atoms with Gasteiger partial charge in [0.15, 0.2) is 17.2 Å². The first-order chi connectivity index (χ1) is 8.21. The fourth-order valence-corrected chi connectivity index (χ4v) is 2.64. The number of hydrogen-bond acceptors (Lipinski definition) is 2. The molecule has 2 aliphatic rings. The van der Waals surface area contributed by atoms with Gasteiger partial charge >= 0.3 is 0 Å². The molecule has 1 amide bonds. The highest BCUT2D eigenvalue weighted by Crippen LogP contribution is 2.41. The van der Waals surface area contributed by atoms with Crippen LogP contribution in [0.15, 0.2) is 18.2 Å². The number of rotatable bonds is 0. The van der Waals surface area contributed by atoms with Gasteiger partial charge in [-0.1, -0.05) is 12.5 Å². The number of benzene rings is 1. The summed E-state index contributed by atoms with van der Waals surface area (Å²) in [5, 5.41) is 2.76. The number of ether oxygens (including phenoxy) is 1. The summed E-state index contributed by atoms with van der Waals surface area (Å²) < 4.78 is 19.4. The molecular formula is C13H14FNO2. The molecule has 1 aliphatic heterocycles. The zero-order valence-electron chi connectivity index (χ0n) is 9.46. The van der Waals surface area contributed by atoms with Crippen molar-refractivity contribution < 1.29 is 13.9 Å². The molecule has 1 N–H and O–H groups in total. The summed E-state index contributed by atoms with van der Waals surface area (Å²) in [5.41, 5.74) is -0.404. The molecule has 1 heterocycles. The fourth-order valence-electron chi connectivity index (χ4n) is 2.64. The molecule has 90 valence electrons. The van der Waals surface area contributed by atoms with Gasteiger partial charge in [0, 0.05) is 0 Å². The Bertz CT molecular complexity index is 466. The van der Waals surface area contributed by atoms with E-state index in [9.17, 15) is 9.18 Å². The fraction of sp³-hybridized carbons (Fsp3) is 0.462. The first-order valence-electron chi connectivity index (χ1n) is 6.00. The minimum Gasteiger partial charge on any atom is -0.472 e. The Morgan fingerprint density at radius 2 is 2.00 bits per heavy atom. The van der Waals surface area contributed by atoms with Crippen molar-refractivity contribution in [3.63, 3.8) is 0 Å². The molecule has 1 spiro atoms. The molecule has 0 atom stereocenters. The molecule has 4 heteroatoms. The maximum absolute atomic E-state index is 13.7. The number of carbonyl (C=O) groups is 1. The lowest BCUT2D eigenvalue weighted by atomic mass is 9.83. The van der Waals surface area contributed by atoms with Gasteiger partial charge in [0.1, 0.15) is 0 Å². The highest BCUT2D eigenvalue weighted by atomic mass is 19.1. The molecule has 0 radical (unpaired) electrons. The molecule has 0 aromatic heterocycles. The zero-order chi connectivity index (χ0) is 11.9. The van der Waals surface area contributed by atoms with E-state index >= 15 is 0 Å². The molecule has 1 aromatic rings. The zero-order valence-corrected chi connectivity index (χ0v) is 9.46. The van der Waals surface area contributed by atoms with Gasteiger partial charge in [0.05, 0.1) is 5.69 Å². The maximum atomic E-state index is 13.7. The summed E-state index contributed by atoms with van der Waals surface area (Å²) in [6.45, 7) is 0. The van der Waals surface area contributed by atoms with Crippen molar-refractivity contribution in [2.24, 2.45) is 0 Å². The summed E-state index contributed by atoms with van der Waals surface area (Å²) in [6, 6.07) is 4.58. The van der Waals surface area contributed by atoms with Crippen LogP contribution in [0, 0.1) is 5.82 Å². The monoisotopic (exact) mass is 235 g/mol. The van der Waals surface area contributed by atoms with Crippen molar-refractivity contribution in [2.75, 3.05) is 5.32 Å². The van der Waals surface area contributed by atoms with E-state index in [0.29, 0.717) is 18.5 Å². The summed E-state index contributed by atoms with van der Waals surface area (Å²) in [4.78, 5) is 12.1. The third-order valence-electron chi connectivity index (χ3n) is 3.59. The van der Waals surface area contributed by atoms with Gasteiger partial charge in [-0.25, -0.2) is 4.39 Å².